The molecule has 0 amide bonds. The van der Waals surface area contributed by atoms with Crippen LogP contribution in [0.1, 0.15) is 41.4 Å². The Balaban J connectivity index is 1.60. The van der Waals surface area contributed by atoms with Gasteiger partial charge >= 0.3 is 5.97 Å². The highest BCUT2D eigenvalue weighted by Crippen LogP contribution is 2.32. The molecule has 4 rings (SSSR count). The summed E-state index contributed by atoms with van der Waals surface area (Å²) in [6, 6.07) is 7.99. The predicted octanol–water partition coefficient (Wildman–Crippen LogP) is 2.93. The molecule has 0 aliphatic carbocycles. The monoisotopic (exact) mass is 452 g/mol. The molecule has 4 N–H and O–H groups in total. The minimum absolute atomic E-state index is 0.385. The summed E-state index contributed by atoms with van der Waals surface area (Å²) >= 11 is 0. The van der Waals surface area contributed by atoms with E-state index in [2.05, 4.69) is 32.9 Å². The number of H-pyrrole nitrogens is 1. The number of piperidine rings is 1. The number of nitrogens with one attached hydrogen (secondary N) is 2. The van der Waals surface area contributed by atoms with Crippen LogP contribution in [0.2, 0.25) is 0 Å². The number of nitrogens with zero attached hydrogens (tertiary/aromatic N) is 2. The number of fused-ring (bicyclic) bond motifs is 1. The molecule has 1 unspecified atom stereocenters. The molecular formula is C25H32N4O4. The Bertz CT molecular complexity index is 1240. The average Bonchev–Trinajstić information content (AvgIpc) is 3.08. The smallest absolute Gasteiger partial charge is 0.345 e. The summed E-state index contributed by atoms with van der Waals surface area (Å²) in [7, 11) is 4.22. The van der Waals surface area contributed by atoms with Crippen molar-refractivity contribution in [1.82, 2.24) is 19.8 Å². The van der Waals surface area contributed by atoms with E-state index >= 15 is 0 Å². The van der Waals surface area contributed by atoms with Gasteiger partial charge < -0.3 is 30.0 Å². The van der Waals surface area contributed by atoms with Crippen molar-refractivity contribution in [3.05, 3.63) is 51.4 Å². The van der Waals surface area contributed by atoms with Crippen molar-refractivity contribution in [2.75, 3.05) is 26.7 Å². The summed E-state index contributed by atoms with van der Waals surface area (Å²) < 4.78 is 2.16. The lowest BCUT2D eigenvalue weighted by atomic mass is 9.98. The van der Waals surface area contributed by atoms with Crippen molar-refractivity contribution in [3.63, 3.8) is 0 Å². The molecular weight excluding hydrogens is 420 g/mol. The molecule has 0 spiro atoms. The second-order valence-electron chi connectivity index (χ2n) is 9.06. The molecule has 1 aromatic carbocycles. The predicted molar refractivity (Wildman–Crippen MR) is 129 cm³/mol. The lowest BCUT2D eigenvalue weighted by molar-refractivity contribution is 0.0691. The second-order valence-corrected chi connectivity index (χ2v) is 9.06. The van der Waals surface area contributed by atoms with Gasteiger partial charge in [0.25, 0.3) is 5.56 Å². The summed E-state index contributed by atoms with van der Waals surface area (Å²) in [6.07, 6.45) is 2.91. The van der Waals surface area contributed by atoms with E-state index in [1.807, 2.05) is 32.2 Å². The summed E-state index contributed by atoms with van der Waals surface area (Å²) in [5.74, 6) is -1.23. The Labute approximate surface area is 192 Å². The van der Waals surface area contributed by atoms with Gasteiger partial charge in [-0.2, -0.15) is 0 Å². The van der Waals surface area contributed by atoms with E-state index in [9.17, 15) is 19.8 Å². The van der Waals surface area contributed by atoms with Gasteiger partial charge in [0.1, 0.15) is 5.75 Å². The van der Waals surface area contributed by atoms with Crippen LogP contribution in [0, 0.1) is 5.92 Å². The molecule has 176 valence electrons. The van der Waals surface area contributed by atoms with Crippen LogP contribution in [0.5, 0.6) is 5.75 Å². The molecule has 1 atom stereocenters. The van der Waals surface area contributed by atoms with E-state index in [1.54, 1.807) is 0 Å². The molecule has 3 heterocycles. The highest BCUT2D eigenvalue weighted by Gasteiger charge is 2.22. The quantitative estimate of drug-likeness (QED) is 0.439. The molecule has 0 radical (unpaired) electrons. The molecule has 1 saturated heterocycles. The number of benzene rings is 1. The van der Waals surface area contributed by atoms with Crippen molar-refractivity contribution < 1.29 is 15.0 Å². The number of carboxylic acid groups (broad SMARTS) is 1. The van der Waals surface area contributed by atoms with Gasteiger partial charge in [0.15, 0.2) is 5.56 Å². The molecule has 0 saturated carbocycles. The molecule has 1 fully saturated rings. The highest BCUT2D eigenvalue weighted by molar-refractivity contribution is 5.92. The summed E-state index contributed by atoms with van der Waals surface area (Å²) in [6.45, 7) is 5.90. The lowest BCUT2D eigenvalue weighted by Crippen LogP contribution is -2.37. The van der Waals surface area contributed by atoms with Crippen molar-refractivity contribution >= 4 is 16.9 Å². The van der Waals surface area contributed by atoms with Crippen molar-refractivity contribution in [1.29, 1.82) is 0 Å². The first-order chi connectivity index (χ1) is 15.8. The number of aryl methyl sites for hydroxylation is 1. The second kappa shape index (κ2) is 9.41. The zero-order chi connectivity index (χ0) is 23.7. The van der Waals surface area contributed by atoms with Gasteiger partial charge in [-0.05, 0) is 69.1 Å². The van der Waals surface area contributed by atoms with Gasteiger partial charge in [-0.1, -0.05) is 13.0 Å². The number of likely N-dealkylation sites (tertiary alicyclic amines) is 1. The Morgan fingerprint density at radius 1 is 1.27 bits per heavy atom. The zero-order valence-electron chi connectivity index (χ0n) is 19.4. The van der Waals surface area contributed by atoms with Gasteiger partial charge in [-0.25, -0.2) is 4.79 Å². The number of hydrogen-bond donors (Lipinski definition) is 4. The van der Waals surface area contributed by atoms with Gasteiger partial charge in [0, 0.05) is 42.3 Å². The fourth-order valence-electron chi connectivity index (χ4n) is 4.99. The van der Waals surface area contributed by atoms with E-state index in [4.69, 9.17) is 0 Å². The maximum atomic E-state index is 12.3. The minimum Gasteiger partial charge on any atom is -0.506 e. The number of aromatic nitrogens is 2. The zero-order valence-corrected chi connectivity index (χ0v) is 19.4. The maximum Gasteiger partial charge on any atom is 0.345 e. The molecule has 3 aromatic rings. The van der Waals surface area contributed by atoms with Crippen molar-refractivity contribution in [2.45, 2.75) is 32.7 Å². The largest absolute Gasteiger partial charge is 0.506 e. The Hall–Kier alpha value is -3.10. The summed E-state index contributed by atoms with van der Waals surface area (Å²) in [4.78, 5) is 28.8. The fraction of sp³-hybridized carbons (Fsp3) is 0.440. The topological polar surface area (TPSA) is 111 Å². The van der Waals surface area contributed by atoms with E-state index in [-0.39, 0.29) is 0 Å². The van der Waals surface area contributed by atoms with E-state index in [0.29, 0.717) is 23.6 Å². The molecule has 33 heavy (non-hydrogen) atoms. The average molecular weight is 453 g/mol. The number of aromatic hydroxyl groups is 1. The number of rotatable bonds is 7. The third-order valence-electron chi connectivity index (χ3n) is 6.75. The van der Waals surface area contributed by atoms with Crippen LogP contribution in [0.15, 0.2) is 29.1 Å². The molecule has 8 heteroatoms. The number of aromatic carboxylic acids is 1. The maximum absolute atomic E-state index is 12.3. The van der Waals surface area contributed by atoms with Crippen LogP contribution in [0.3, 0.4) is 0 Å². The standard InChI is InChI=1S/C25H32N4O4/c1-4-19-22(27-24(31)21(23(19)30)25(32)33)16-7-8-20-17(10-16)11-18(29(20)3)13-26-12-15-6-5-9-28(2)14-15/h7-8,10-11,15,26H,4-6,9,12-14H2,1-3H3,(H,32,33)(H2,27,30,31). The van der Waals surface area contributed by atoms with Crippen LogP contribution in [0.25, 0.3) is 22.2 Å². The number of aromatic amines is 1. The molecule has 1 aliphatic heterocycles. The van der Waals surface area contributed by atoms with Gasteiger partial charge in [0.05, 0.1) is 5.69 Å². The van der Waals surface area contributed by atoms with Gasteiger partial charge in [-0.15, -0.1) is 0 Å². The summed E-state index contributed by atoms with van der Waals surface area (Å²) in [5.41, 5.74) is 2.42. The number of hydrogen-bond acceptors (Lipinski definition) is 5. The Morgan fingerprint density at radius 2 is 2.06 bits per heavy atom. The van der Waals surface area contributed by atoms with Crippen LogP contribution in [-0.2, 0) is 20.0 Å². The first-order valence-electron chi connectivity index (χ1n) is 11.5. The van der Waals surface area contributed by atoms with Crippen molar-refractivity contribution in [2.24, 2.45) is 13.0 Å². The van der Waals surface area contributed by atoms with Crippen LogP contribution in [0.4, 0.5) is 0 Å². The summed E-state index contributed by atoms with van der Waals surface area (Å²) in [5, 5.41) is 24.4. The van der Waals surface area contributed by atoms with E-state index < -0.39 is 22.8 Å². The third-order valence-corrected chi connectivity index (χ3v) is 6.75. The number of pyridine rings is 1. The number of carbonyl (C=O) groups is 1. The Morgan fingerprint density at radius 3 is 2.76 bits per heavy atom. The van der Waals surface area contributed by atoms with Crippen LogP contribution >= 0.6 is 0 Å². The van der Waals surface area contributed by atoms with Crippen LogP contribution in [-0.4, -0.2) is 57.3 Å². The lowest BCUT2D eigenvalue weighted by Gasteiger charge is -2.29. The first-order valence-corrected chi connectivity index (χ1v) is 11.5. The molecule has 0 bridgehead atoms. The van der Waals surface area contributed by atoms with Crippen LogP contribution < -0.4 is 10.9 Å². The van der Waals surface area contributed by atoms with Gasteiger partial charge in [-0.3, -0.25) is 4.79 Å². The Kier molecular flexibility index (Phi) is 6.58. The first kappa shape index (κ1) is 23.1. The molecule has 1 aliphatic rings. The van der Waals surface area contributed by atoms with E-state index in [0.717, 1.165) is 36.1 Å². The number of carboxylic acids is 1. The molecule has 2 aromatic heterocycles. The van der Waals surface area contributed by atoms with Crippen molar-refractivity contribution in [3.8, 4) is 17.0 Å². The van der Waals surface area contributed by atoms with E-state index in [1.165, 1.54) is 25.1 Å². The molecule has 8 nitrogen and oxygen atoms in total. The normalized spacial score (nSPS) is 17.0. The SMILES string of the molecule is CCc1c(-c2ccc3c(c2)cc(CNCC2CCCN(C)C2)n3C)[nH]c(=O)c(C(=O)O)c1O. The fourth-order valence-corrected chi connectivity index (χ4v) is 4.99. The minimum atomic E-state index is -1.44. The third kappa shape index (κ3) is 4.54. The highest BCUT2D eigenvalue weighted by atomic mass is 16.4. The van der Waals surface area contributed by atoms with Gasteiger partial charge in [0.2, 0.25) is 0 Å².